The fourth-order valence-electron chi connectivity index (χ4n) is 2.44. The van der Waals surface area contributed by atoms with Crippen molar-refractivity contribution < 1.29 is 9.66 Å². The molecule has 0 atom stereocenters. The van der Waals surface area contributed by atoms with Crippen LogP contribution in [0.15, 0.2) is 30.5 Å². The second-order valence-electron chi connectivity index (χ2n) is 5.27. The minimum Gasteiger partial charge on any atom is -0.487 e. The number of hydrogen-bond acceptors (Lipinski definition) is 6. The predicted molar refractivity (Wildman–Crippen MR) is 90.0 cm³/mol. The van der Waals surface area contributed by atoms with E-state index in [1.54, 1.807) is 35.8 Å². The predicted octanol–water partition coefficient (Wildman–Crippen LogP) is 3.40. The van der Waals surface area contributed by atoms with Gasteiger partial charge >= 0.3 is 5.69 Å². The third-order valence-electron chi connectivity index (χ3n) is 3.73. The van der Waals surface area contributed by atoms with Crippen molar-refractivity contribution in [1.29, 1.82) is 0 Å². The zero-order valence-electron chi connectivity index (χ0n) is 13.6. The van der Waals surface area contributed by atoms with Crippen LogP contribution in [-0.2, 0) is 0 Å². The molecule has 3 aromatic rings. The van der Waals surface area contributed by atoms with Crippen LogP contribution in [0.2, 0.25) is 0 Å². The molecular weight excluding hydrogens is 310 g/mol. The number of nitro groups is 1. The third kappa shape index (κ3) is 2.73. The molecule has 0 bridgehead atoms. The minimum atomic E-state index is -0.454. The molecular formula is C16H17N5O3. The van der Waals surface area contributed by atoms with Crippen molar-refractivity contribution in [3.63, 3.8) is 0 Å². The average Bonchev–Trinajstić information content (AvgIpc) is 3.01. The van der Waals surface area contributed by atoms with Crippen LogP contribution in [0.3, 0.4) is 0 Å². The summed E-state index contributed by atoms with van der Waals surface area (Å²) in [4.78, 5) is 15.3. The normalized spacial score (nSPS) is 10.8. The molecule has 1 aromatic carbocycles. The smallest absolute Gasteiger partial charge is 0.312 e. The fraction of sp³-hybridized carbons (Fsp3) is 0.250. The molecule has 124 valence electrons. The van der Waals surface area contributed by atoms with Crippen LogP contribution >= 0.6 is 0 Å². The maximum Gasteiger partial charge on any atom is 0.312 e. The molecule has 0 saturated carbocycles. The van der Waals surface area contributed by atoms with Crippen LogP contribution in [0.4, 0.5) is 17.2 Å². The monoisotopic (exact) mass is 327 g/mol. The highest BCUT2D eigenvalue weighted by molar-refractivity contribution is 5.67. The van der Waals surface area contributed by atoms with Crippen molar-refractivity contribution in [2.45, 2.75) is 20.8 Å². The van der Waals surface area contributed by atoms with Gasteiger partial charge in [-0.3, -0.25) is 10.1 Å². The third-order valence-corrected chi connectivity index (χ3v) is 3.73. The number of hydrogen-bond donors (Lipinski definition) is 1. The van der Waals surface area contributed by atoms with Crippen LogP contribution in [0, 0.1) is 24.0 Å². The molecule has 0 spiro atoms. The molecule has 0 fully saturated rings. The Bertz CT molecular complexity index is 919. The molecule has 1 N–H and O–H groups in total. The summed E-state index contributed by atoms with van der Waals surface area (Å²) in [5.41, 5.74) is 2.99. The topological polar surface area (TPSA) is 94.6 Å². The summed E-state index contributed by atoms with van der Waals surface area (Å²) < 4.78 is 6.98. The molecule has 0 aliphatic heterocycles. The highest BCUT2D eigenvalue weighted by Gasteiger charge is 2.17. The van der Waals surface area contributed by atoms with E-state index in [0.29, 0.717) is 17.9 Å². The van der Waals surface area contributed by atoms with Gasteiger partial charge in [-0.2, -0.15) is 9.61 Å². The van der Waals surface area contributed by atoms with Gasteiger partial charge in [0.15, 0.2) is 11.4 Å². The Morgan fingerprint density at radius 2 is 2.12 bits per heavy atom. The van der Waals surface area contributed by atoms with Gasteiger partial charge in [0.1, 0.15) is 5.82 Å². The number of nitrogens with one attached hydrogen (secondary N) is 1. The number of aryl methyl sites for hydroxylation is 1. The lowest BCUT2D eigenvalue weighted by molar-refractivity contribution is -0.385. The number of nitro benzene ring substituents is 1. The van der Waals surface area contributed by atoms with Crippen molar-refractivity contribution >= 4 is 22.8 Å². The zero-order valence-corrected chi connectivity index (χ0v) is 13.6. The van der Waals surface area contributed by atoms with E-state index in [1.807, 2.05) is 13.8 Å². The SMILES string of the molecule is CCOc1ccc(Nc2c(C)c(C)nc3ccnn23)cc1[N+](=O)[O-]. The first-order valence-corrected chi connectivity index (χ1v) is 7.50. The van der Waals surface area contributed by atoms with E-state index in [-0.39, 0.29) is 11.4 Å². The average molecular weight is 327 g/mol. The van der Waals surface area contributed by atoms with Crippen molar-refractivity contribution in [3.05, 3.63) is 51.8 Å². The molecule has 0 saturated heterocycles. The van der Waals surface area contributed by atoms with Crippen molar-refractivity contribution in [2.75, 3.05) is 11.9 Å². The van der Waals surface area contributed by atoms with Gasteiger partial charge in [0, 0.05) is 29.1 Å². The van der Waals surface area contributed by atoms with Gasteiger partial charge in [-0.1, -0.05) is 0 Å². The summed E-state index contributed by atoms with van der Waals surface area (Å²) in [5.74, 6) is 0.973. The summed E-state index contributed by atoms with van der Waals surface area (Å²) in [7, 11) is 0. The second kappa shape index (κ2) is 6.15. The maximum atomic E-state index is 11.3. The van der Waals surface area contributed by atoms with Crippen LogP contribution < -0.4 is 10.1 Å². The van der Waals surface area contributed by atoms with Crippen molar-refractivity contribution in [3.8, 4) is 5.75 Å². The summed E-state index contributed by atoms with van der Waals surface area (Å²) >= 11 is 0. The van der Waals surface area contributed by atoms with Gasteiger partial charge in [0.25, 0.3) is 0 Å². The van der Waals surface area contributed by atoms with E-state index < -0.39 is 4.92 Å². The first-order valence-electron chi connectivity index (χ1n) is 7.50. The highest BCUT2D eigenvalue weighted by Crippen LogP contribution is 2.32. The number of rotatable bonds is 5. The zero-order chi connectivity index (χ0) is 17.3. The Morgan fingerprint density at radius 3 is 2.83 bits per heavy atom. The molecule has 2 heterocycles. The quantitative estimate of drug-likeness (QED) is 0.570. The van der Waals surface area contributed by atoms with Gasteiger partial charge in [-0.05, 0) is 32.9 Å². The summed E-state index contributed by atoms with van der Waals surface area (Å²) in [6.45, 7) is 5.99. The lowest BCUT2D eigenvalue weighted by atomic mass is 10.2. The van der Waals surface area contributed by atoms with Gasteiger partial charge in [0.2, 0.25) is 0 Å². The Balaban J connectivity index is 2.06. The summed E-state index contributed by atoms with van der Waals surface area (Å²) in [6.07, 6.45) is 1.66. The van der Waals surface area contributed by atoms with E-state index in [9.17, 15) is 10.1 Å². The van der Waals surface area contributed by atoms with Crippen molar-refractivity contribution in [2.24, 2.45) is 0 Å². The number of benzene rings is 1. The Hall–Kier alpha value is -3.16. The Kier molecular flexibility index (Phi) is 4.03. The summed E-state index contributed by atoms with van der Waals surface area (Å²) in [6, 6.07) is 6.59. The summed E-state index contributed by atoms with van der Waals surface area (Å²) in [5, 5.41) is 18.7. The molecule has 0 aliphatic carbocycles. The minimum absolute atomic E-state index is 0.0815. The molecule has 24 heavy (non-hydrogen) atoms. The maximum absolute atomic E-state index is 11.3. The van der Waals surface area contributed by atoms with Crippen LogP contribution in [0.25, 0.3) is 5.65 Å². The first kappa shape index (κ1) is 15.7. The Labute approximate surface area is 138 Å². The van der Waals surface area contributed by atoms with Crippen molar-refractivity contribution in [1.82, 2.24) is 14.6 Å². The molecule has 8 heteroatoms. The van der Waals surface area contributed by atoms with E-state index in [0.717, 1.165) is 17.1 Å². The van der Waals surface area contributed by atoms with Crippen LogP contribution in [0.5, 0.6) is 5.75 Å². The number of fused-ring (bicyclic) bond motifs is 1. The van der Waals surface area contributed by atoms with Crippen LogP contribution in [0.1, 0.15) is 18.2 Å². The lowest BCUT2D eigenvalue weighted by Crippen LogP contribution is -2.06. The molecule has 0 radical (unpaired) electrons. The highest BCUT2D eigenvalue weighted by atomic mass is 16.6. The van der Waals surface area contributed by atoms with Gasteiger partial charge in [0.05, 0.1) is 17.7 Å². The fourth-order valence-corrected chi connectivity index (χ4v) is 2.44. The number of aromatic nitrogens is 3. The second-order valence-corrected chi connectivity index (χ2v) is 5.27. The standard InChI is InChI=1S/C16H17N5O3/c1-4-24-14-6-5-12(9-13(14)21(22)23)19-16-10(2)11(3)18-15-7-8-17-20(15)16/h5-9,19H,4H2,1-3H3. The van der Waals surface area contributed by atoms with E-state index in [2.05, 4.69) is 15.4 Å². The Morgan fingerprint density at radius 1 is 1.33 bits per heavy atom. The number of anilines is 2. The number of nitrogens with zero attached hydrogens (tertiary/aromatic N) is 4. The molecule has 0 unspecified atom stereocenters. The first-order chi connectivity index (χ1) is 11.5. The van der Waals surface area contributed by atoms with Crippen LogP contribution in [-0.4, -0.2) is 26.1 Å². The molecule has 0 aliphatic rings. The van der Waals surface area contributed by atoms with Gasteiger partial charge < -0.3 is 10.1 Å². The van der Waals surface area contributed by atoms with E-state index in [4.69, 9.17) is 4.74 Å². The van der Waals surface area contributed by atoms with E-state index in [1.165, 1.54) is 6.07 Å². The van der Waals surface area contributed by atoms with E-state index >= 15 is 0 Å². The molecule has 2 aromatic heterocycles. The molecule has 8 nitrogen and oxygen atoms in total. The molecule has 3 rings (SSSR count). The van der Waals surface area contributed by atoms with Gasteiger partial charge in [-0.15, -0.1) is 0 Å². The molecule has 0 amide bonds. The number of ether oxygens (including phenoxy) is 1. The van der Waals surface area contributed by atoms with Gasteiger partial charge in [-0.25, -0.2) is 4.98 Å². The lowest BCUT2D eigenvalue weighted by Gasteiger charge is -2.13. The largest absolute Gasteiger partial charge is 0.487 e.